The Balaban J connectivity index is 0.00000288. The fourth-order valence-corrected chi connectivity index (χ4v) is 2.90. The fraction of sp³-hybridized carbons (Fsp3) is 0.500. The number of halogens is 3. The predicted octanol–water partition coefficient (Wildman–Crippen LogP) is 2.37. The van der Waals surface area contributed by atoms with Crippen LogP contribution in [0.4, 0.5) is 4.39 Å². The predicted molar refractivity (Wildman–Crippen MR) is 96.6 cm³/mol. The van der Waals surface area contributed by atoms with Crippen molar-refractivity contribution in [2.45, 2.75) is 31.7 Å². The fourth-order valence-electron chi connectivity index (χ4n) is 2.48. The van der Waals surface area contributed by atoms with Crippen LogP contribution in [-0.2, 0) is 4.79 Å². The van der Waals surface area contributed by atoms with Gasteiger partial charge in [-0.1, -0.05) is 0 Å². The van der Waals surface area contributed by atoms with E-state index in [2.05, 4.69) is 26.6 Å². The van der Waals surface area contributed by atoms with Gasteiger partial charge < -0.3 is 16.4 Å². The second-order valence-corrected chi connectivity index (χ2v) is 6.93. The van der Waals surface area contributed by atoms with Gasteiger partial charge in [0.2, 0.25) is 5.91 Å². The summed E-state index contributed by atoms with van der Waals surface area (Å²) in [7, 11) is 0. The highest BCUT2D eigenvalue weighted by atomic mass is 79.9. The van der Waals surface area contributed by atoms with Gasteiger partial charge in [0.05, 0.1) is 11.1 Å². The Kier molecular flexibility index (Phi) is 7.63. The van der Waals surface area contributed by atoms with Crippen LogP contribution < -0.4 is 16.4 Å². The molecule has 1 atom stereocenters. The lowest BCUT2D eigenvalue weighted by Gasteiger charge is -2.29. The minimum absolute atomic E-state index is 0. The van der Waals surface area contributed by atoms with E-state index >= 15 is 0 Å². The van der Waals surface area contributed by atoms with Gasteiger partial charge in [-0.3, -0.25) is 9.59 Å². The van der Waals surface area contributed by atoms with Crippen molar-refractivity contribution in [1.29, 1.82) is 0 Å². The van der Waals surface area contributed by atoms with Crippen LogP contribution in [-0.4, -0.2) is 30.4 Å². The van der Waals surface area contributed by atoms with Crippen LogP contribution in [0.5, 0.6) is 0 Å². The summed E-state index contributed by atoms with van der Waals surface area (Å²) in [5.41, 5.74) is 5.59. The van der Waals surface area contributed by atoms with Gasteiger partial charge in [-0.05, 0) is 59.8 Å². The molecule has 8 heteroatoms. The largest absolute Gasteiger partial charge is 0.351 e. The van der Waals surface area contributed by atoms with Crippen LogP contribution in [0.25, 0.3) is 0 Å². The van der Waals surface area contributed by atoms with Crippen molar-refractivity contribution in [1.82, 2.24) is 10.6 Å². The van der Waals surface area contributed by atoms with Gasteiger partial charge in [0.25, 0.3) is 5.91 Å². The van der Waals surface area contributed by atoms with E-state index in [-0.39, 0.29) is 42.4 Å². The highest BCUT2D eigenvalue weighted by Gasteiger charge is 2.41. The maximum Gasteiger partial charge on any atom is 0.252 e. The number of benzene rings is 1. The Bertz CT molecular complexity index is 613. The number of hydrogen-bond acceptors (Lipinski definition) is 3. The van der Waals surface area contributed by atoms with Gasteiger partial charge in [0.15, 0.2) is 0 Å². The Morgan fingerprint density at radius 2 is 2.08 bits per heavy atom. The average Bonchev–Trinajstić information content (AvgIpc) is 3.34. The SMILES string of the molecule is CC(CN)(NC(=O)CCNC(=O)c1cc(F)ccc1Br)C1CC1.Cl. The second kappa shape index (κ2) is 8.78. The zero-order valence-corrected chi connectivity index (χ0v) is 15.8. The van der Waals surface area contributed by atoms with Gasteiger partial charge in [0, 0.05) is 24.0 Å². The lowest BCUT2D eigenvalue weighted by Crippen LogP contribution is -2.53. The highest BCUT2D eigenvalue weighted by Crippen LogP contribution is 2.38. The zero-order chi connectivity index (χ0) is 17.0. The molecule has 1 aliphatic carbocycles. The number of nitrogens with two attached hydrogens (primary N) is 1. The molecule has 0 aromatic heterocycles. The number of carbonyl (C=O) groups excluding carboxylic acids is 2. The lowest BCUT2D eigenvalue weighted by atomic mass is 9.96. The van der Waals surface area contributed by atoms with E-state index in [0.29, 0.717) is 16.9 Å². The Morgan fingerprint density at radius 3 is 2.67 bits per heavy atom. The van der Waals surface area contributed by atoms with Crippen LogP contribution >= 0.6 is 28.3 Å². The first-order chi connectivity index (χ1) is 10.9. The molecule has 0 spiro atoms. The minimum atomic E-state index is -0.487. The molecule has 24 heavy (non-hydrogen) atoms. The topological polar surface area (TPSA) is 84.2 Å². The van der Waals surface area contributed by atoms with E-state index in [1.54, 1.807) is 0 Å². The number of rotatable bonds is 7. The normalized spacial score (nSPS) is 15.8. The van der Waals surface area contributed by atoms with Crippen molar-refractivity contribution in [2.24, 2.45) is 11.7 Å². The van der Waals surface area contributed by atoms with Gasteiger partial charge in [-0.15, -0.1) is 12.4 Å². The maximum absolute atomic E-state index is 13.2. The van der Waals surface area contributed by atoms with Gasteiger partial charge in [0.1, 0.15) is 5.82 Å². The van der Waals surface area contributed by atoms with Crippen molar-refractivity contribution >= 4 is 40.2 Å². The van der Waals surface area contributed by atoms with E-state index in [0.717, 1.165) is 18.9 Å². The number of amides is 2. The van der Waals surface area contributed by atoms with Crippen molar-refractivity contribution in [3.05, 3.63) is 34.1 Å². The molecule has 134 valence electrons. The van der Waals surface area contributed by atoms with Crippen LogP contribution in [0.2, 0.25) is 0 Å². The number of nitrogens with one attached hydrogen (secondary N) is 2. The molecule has 4 N–H and O–H groups in total. The first kappa shape index (κ1) is 20.9. The first-order valence-electron chi connectivity index (χ1n) is 7.60. The van der Waals surface area contributed by atoms with Crippen LogP contribution in [0.3, 0.4) is 0 Å². The number of hydrogen-bond donors (Lipinski definition) is 3. The Morgan fingerprint density at radius 1 is 1.42 bits per heavy atom. The summed E-state index contributed by atoms with van der Waals surface area (Å²) in [5, 5.41) is 5.57. The summed E-state index contributed by atoms with van der Waals surface area (Å²) in [5.74, 6) is -0.620. The maximum atomic E-state index is 13.2. The molecular formula is C16H22BrClFN3O2. The van der Waals surface area contributed by atoms with Crippen molar-refractivity contribution in [3.8, 4) is 0 Å². The molecule has 0 aliphatic heterocycles. The number of carbonyl (C=O) groups is 2. The van der Waals surface area contributed by atoms with Crippen molar-refractivity contribution in [3.63, 3.8) is 0 Å². The highest BCUT2D eigenvalue weighted by molar-refractivity contribution is 9.10. The summed E-state index contributed by atoms with van der Waals surface area (Å²) < 4.78 is 13.7. The molecule has 1 aromatic carbocycles. The quantitative estimate of drug-likeness (QED) is 0.631. The molecule has 2 rings (SSSR count). The molecule has 0 saturated heterocycles. The summed E-state index contributed by atoms with van der Waals surface area (Å²) in [6.07, 6.45) is 2.32. The third-order valence-corrected chi connectivity index (χ3v) is 4.83. The molecule has 1 fully saturated rings. The van der Waals surface area contributed by atoms with E-state index in [4.69, 9.17) is 5.73 Å². The van der Waals surface area contributed by atoms with Crippen LogP contribution in [0.15, 0.2) is 22.7 Å². The molecule has 0 heterocycles. The summed E-state index contributed by atoms with van der Waals surface area (Å²) in [6.45, 7) is 2.52. The zero-order valence-electron chi connectivity index (χ0n) is 13.4. The third kappa shape index (κ3) is 5.43. The van der Waals surface area contributed by atoms with Crippen molar-refractivity contribution in [2.75, 3.05) is 13.1 Å². The average molecular weight is 423 g/mol. The summed E-state index contributed by atoms with van der Waals surface area (Å²) in [6, 6.07) is 3.89. The van der Waals surface area contributed by atoms with E-state index < -0.39 is 11.7 Å². The molecule has 1 saturated carbocycles. The Hall–Kier alpha value is -1.18. The molecular weight excluding hydrogens is 401 g/mol. The standard InChI is InChI=1S/C16H21BrFN3O2.ClH/c1-16(9-19,10-2-3-10)21-14(22)6-7-20-15(23)12-8-11(18)4-5-13(12)17;/h4-5,8,10H,2-3,6-7,9,19H2,1H3,(H,20,23)(H,21,22);1H. The van der Waals surface area contributed by atoms with Gasteiger partial charge >= 0.3 is 0 Å². The molecule has 0 bridgehead atoms. The second-order valence-electron chi connectivity index (χ2n) is 6.07. The molecule has 1 unspecified atom stereocenters. The van der Waals surface area contributed by atoms with E-state index in [1.165, 1.54) is 12.1 Å². The van der Waals surface area contributed by atoms with E-state index in [1.807, 2.05) is 6.92 Å². The summed E-state index contributed by atoms with van der Waals surface area (Å²) >= 11 is 3.20. The minimum Gasteiger partial charge on any atom is -0.351 e. The van der Waals surface area contributed by atoms with E-state index in [9.17, 15) is 14.0 Å². The molecule has 0 radical (unpaired) electrons. The molecule has 2 amide bonds. The third-order valence-electron chi connectivity index (χ3n) is 4.14. The Labute approximate surface area is 155 Å². The smallest absolute Gasteiger partial charge is 0.252 e. The van der Waals surface area contributed by atoms with Crippen molar-refractivity contribution < 1.29 is 14.0 Å². The lowest BCUT2D eigenvalue weighted by molar-refractivity contribution is -0.122. The first-order valence-corrected chi connectivity index (χ1v) is 8.39. The van der Waals surface area contributed by atoms with Gasteiger partial charge in [-0.2, -0.15) is 0 Å². The summed E-state index contributed by atoms with van der Waals surface area (Å²) in [4.78, 5) is 24.0. The monoisotopic (exact) mass is 421 g/mol. The molecule has 5 nitrogen and oxygen atoms in total. The molecule has 1 aromatic rings. The van der Waals surface area contributed by atoms with Gasteiger partial charge in [-0.25, -0.2) is 4.39 Å². The van der Waals surface area contributed by atoms with Crippen LogP contribution in [0.1, 0.15) is 36.5 Å². The van der Waals surface area contributed by atoms with Crippen LogP contribution in [0, 0.1) is 11.7 Å². The molecule has 1 aliphatic rings.